The Morgan fingerprint density at radius 2 is 2.14 bits per heavy atom. The maximum atomic E-state index is 12.7. The highest BCUT2D eigenvalue weighted by atomic mass is 16.5. The average Bonchev–Trinajstić information content (AvgIpc) is 2.47. The maximum Gasteiger partial charge on any atom is 0.257 e. The molecule has 1 unspecified atom stereocenters. The molecule has 5 heteroatoms. The van der Waals surface area contributed by atoms with Crippen molar-refractivity contribution in [3.05, 3.63) is 23.5 Å². The number of aryl methyl sites for hydroxylation is 1. The Morgan fingerprint density at radius 1 is 1.36 bits per heavy atom. The SMILES string of the molecule is COc1cnc(C)cc1C(=O)N1CC(N2CCCCC2C)C1. The molecule has 0 N–H and O–H groups in total. The van der Waals surface area contributed by atoms with Crippen LogP contribution in [0.3, 0.4) is 0 Å². The summed E-state index contributed by atoms with van der Waals surface area (Å²) in [7, 11) is 1.58. The number of hydrogen-bond donors (Lipinski definition) is 0. The quantitative estimate of drug-likeness (QED) is 0.858. The third-order valence-corrected chi connectivity index (χ3v) is 4.93. The summed E-state index contributed by atoms with van der Waals surface area (Å²) < 4.78 is 5.28. The van der Waals surface area contributed by atoms with Gasteiger partial charge in [-0.3, -0.25) is 14.7 Å². The van der Waals surface area contributed by atoms with Gasteiger partial charge in [0.15, 0.2) is 0 Å². The Balaban J connectivity index is 1.65. The van der Waals surface area contributed by atoms with Crippen molar-refractivity contribution in [1.29, 1.82) is 0 Å². The standard InChI is InChI=1S/C17H25N3O2/c1-12-8-15(16(22-3)9-18-12)17(21)19-10-14(11-19)20-7-5-4-6-13(20)2/h8-9,13-14H,4-7,10-11H2,1-3H3. The predicted octanol–water partition coefficient (Wildman–Crippen LogP) is 2.10. The fourth-order valence-electron chi connectivity index (χ4n) is 3.54. The van der Waals surface area contributed by atoms with Gasteiger partial charge in [0.25, 0.3) is 5.91 Å². The third kappa shape index (κ3) is 2.82. The molecule has 0 spiro atoms. The van der Waals surface area contributed by atoms with Gasteiger partial charge >= 0.3 is 0 Å². The number of amides is 1. The van der Waals surface area contributed by atoms with Crippen LogP contribution >= 0.6 is 0 Å². The molecule has 120 valence electrons. The molecular formula is C17H25N3O2. The van der Waals surface area contributed by atoms with Crippen LogP contribution in [0.25, 0.3) is 0 Å². The van der Waals surface area contributed by atoms with Gasteiger partial charge in [0.1, 0.15) is 5.75 Å². The normalized spacial score (nSPS) is 23.2. The topological polar surface area (TPSA) is 45.7 Å². The zero-order valence-electron chi connectivity index (χ0n) is 13.7. The molecule has 3 heterocycles. The third-order valence-electron chi connectivity index (χ3n) is 4.93. The second kappa shape index (κ2) is 6.24. The summed E-state index contributed by atoms with van der Waals surface area (Å²) in [5, 5.41) is 0. The van der Waals surface area contributed by atoms with E-state index in [1.54, 1.807) is 13.3 Å². The van der Waals surface area contributed by atoms with Gasteiger partial charge in [-0.2, -0.15) is 0 Å². The van der Waals surface area contributed by atoms with Gasteiger partial charge in [0.05, 0.1) is 18.9 Å². The molecule has 0 saturated carbocycles. The summed E-state index contributed by atoms with van der Waals surface area (Å²) in [5.41, 5.74) is 1.46. The van der Waals surface area contributed by atoms with Crippen LogP contribution in [0.2, 0.25) is 0 Å². The van der Waals surface area contributed by atoms with Gasteiger partial charge in [-0.15, -0.1) is 0 Å². The van der Waals surface area contributed by atoms with Gasteiger partial charge in [0, 0.05) is 30.9 Å². The van der Waals surface area contributed by atoms with Crippen molar-refractivity contribution in [2.75, 3.05) is 26.7 Å². The minimum Gasteiger partial charge on any atom is -0.494 e. The number of likely N-dealkylation sites (tertiary alicyclic amines) is 2. The van der Waals surface area contributed by atoms with Crippen LogP contribution in [0, 0.1) is 6.92 Å². The molecule has 2 aliphatic rings. The number of carbonyl (C=O) groups excluding carboxylic acids is 1. The first kappa shape index (κ1) is 15.3. The molecule has 2 aliphatic heterocycles. The fraction of sp³-hybridized carbons (Fsp3) is 0.647. The van der Waals surface area contributed by atoms with Crippen LogP contribution < -0.4 is 4.74 Å². The monoisotopic (exact) mass is 303 g/mol. The zero-order valence-corrected chi connectivity index (χ0v) is 13.7. The van der Waals surface area contributed by atoms with Crippen LogP contribution in [0.1, 0.15) is 42.2 Å². The van der Waals surface area contributed by atoms with Gasteiger partial charge in [-0.05, 0) is 39.3 Å². The predicted molar refractivity (Wildman–Crippen MR) is 85.2 cm³/mol. The summed E-state index contributed by atoms with van der Waals surface area (Å²) in [6.45, 7) is 7.02. The average molecular weight is 303 g/mol. The lowest BCUT2D eigenvalue weighted by Gasteiger charge is -2.49. The molecule has 3 rings (SSSR count). The molecule has 1 amide bonds. The molecule has 5 nitrogen and oxygen atoms in total. The van der Waals surface area contributed by atoms with E-state index < -0.39 is 0 Å². The van der Waals surface area contributed by atoms with Crippen molar-refractivity contribution in [2.24, 2.45) is 0 Å². The van der Waals surface area contributed by atoms with E-state index in [1.165, 1.54) is 25.8 Å². The van der Waals surface area contributed by atoms with Gasteiger partial charge in [0.2, 0.25) is 0 Å². The van der Waals surface area contributed by atoms with Crippen LogP contribution in [-0.4, -0.2) is 59.5 Å². The molecule has 0 radical (unpaired) electrons. The van der Waals surface area contributed by atoms with Gasteiger partial charge in [-0.25, -0.2) is 0 Å². The van der Waals surface area contributed by atoms with Crippen molar-refractivity contribution in [3.63, 3.8) is 0 Å². The zero-order chi connectivity index (χ0) is 15.7. The van der Waals surface area contributed by atoms with E-state index in [2.05, 4.69) is 16.8 Å². The molecule has 0 aromatic carbocycles. The summed E-state index contributed by atoms with van der Waals surface area (Å²) in [5.74, 6) is 0.619. The second-order valence-electron chi connectivity index (χ2n) is 6.47. The molecule has 1 aromatic rings. The lowest BCUT2D eigenvalue weighted by molar-refractivity contribution is 0.00196. The first-order valence-corrected chi connectivity index (χ1v) is 8.16. The van der Waals surface area contributed by atoms with Crippen LogP contribution in [-0.2, 0) is 0 Å². The highest BCUT2D eigenvalue weighted by Crippen LogP contribution is 2.27. The number of hydrogen-bond acceptors (Lipinski definition) is 4. The van der Waals surface area contributed by atoms with E-state index in [4.69, 9.17) is 4.74 Å². The minimum absolute atomic E-state index is 0.0586. The number of methoxy groups -OCH3 is 1. The van der Waals surface area contributed by atoms with Crippen LogP contribution in [0.4, 0.5) is 0 Å². The summed E-state index contributed by atoms with van der Waals surface area (Å²) in [6, 6.07) is 2.99. The van der Waals surface area contributed by atoms with Crippen LogP contribution in [0.15, 0.2) is 12.3 Å². The van der Waals surface area contributed by atoms with Crippen molar-refractivity contribution < 1.29 is 9.53 Å². The van der Waals surface area contributed by atoms with Crippen LogP contribution in [0.5, 0.6) is 5.75 Å². The van der Waals surface area contributed by atoms with Gasteiger partial charge < -0.3 is 9.64 Å². The first-order chi connectivity index (χ1) is 10.6. The number of pyridine rings is 1. The minimum atomic E-state index is 0.0586. The highest BCUT2D eigenvalue weighted by Gasteiger charge is 2.38. The van der Waals surface area contributed by atoms with E-state index in [-0.39, 0.29) is 5.91 Å². The maximum absolute atomic E-state index is 12.7. The molecule has 0 aliphatic carbocycles. The summed E-state index contributed by atoms with van der Waals surface area (Å²) in [4.78, 5) is 21.4. The Labute approximate surface area is 132 Å². The van der Waals surface area contributed by atoms with E-state index in [1.807, 2.05) is 17.9 Å². The number of aromatic nitrogens is 1. The van der Waals surface area contributed by atoms with Crippen molar-refractivity contribution in [2.45, 2.75) is 45.2 Å². The van der Waals surface area contributed by atoms with Gasteiger partial charge in [-0.1, -0.05) is 6.42 Å². The molecule has 1 atom stereocenters. The largest absolute Gasteiger partial charge is 0.494 e. The molecular weight excluding hydrogens is 278 g/mol. The van der Waals surface area contributed by atoms with E-state index in [9.17, 15) is 4.79 Å². The Hall–Kier alpha value is -1.62. The lowest BCUT2D eigenvalue weighted by Crippen LogP contribution is -2.63. The fourth-order valence-corrected chi connectivity index (χ4v) is 3.54. The van der Waals surface area contributed by atoms with Crippen molar-refractivity contribution >= 4 is 5.91 Å². The van der Waals surface area contributed by atoms with Crippen molar-refractivity contribution in [1.82, 2.24) is 14.8 Å². The van der Waals surface area contributed by atoms with E-state index in [0.29, 0.717) is 23.4 Å². The molecule has 2 saturated heterocycles. The number of nitrogens with zero attached hydrogens (tertiary/aromatic N) is 3. The summed E-state index contributed by atoms with van der Waals surface area (Å²) in [6.07, 6.45) is 5.53. The molecule has 1 aromatic heterocycles. The highest BCUT2D eigenvalue weighted by molar-refractivity contribution is 5.97. The number of ether oxygens (including phenoxy) is 1. The Morgan fingerprint density at radius 3 is 2.82 bits per heavy atom. The smallest absolute Gasteiger partial charge is 0.257 e. The molecule has 0 bridgehead atoms. The number of rotatable bonds is 3. The van der Waals surface area contributed by atoms with E-state index in [0.717, 1.165) is 18.8 Å². The lowest BCUT2D eigenvalue weighted by atomic mass is 9.97. The Kier molecular flexibility index (Phi) is 4.34. The van der Waals surface area contributed by atoms with E-state index >= 15 is 0 Å². The summed E-state index contributed by atoms with van der Waals surface area (Å²) >= 11 is 0. The molecule has 2 fully saturated rings. The second-order valence-corrected chi connectivity index (χ2v) is 6.47. The number of piperidine rings is 1. The number of carbonyl (C=O) groups is 1. The molecule has 22 heavy (non-hydrogen) atoms. The van der Waals surface area contributed by atoms with Crippen molar-refractivity contribution in [3.8, 4) is 5.75 Å². The Bertz CT molecular complexity index is 555. The first-order valence-electron chi connectivity index (χ1n) is 8.16.